The Hall–Kier alpha value is -1.30. The van der Waals surface area contributed by atoms with Crippen molar-refractivity contribution in [2.75, 3.05) is 12.4 Å². The molecule has 2 rings (SSSR count). The van der Waals surface area contributed by atoms with Gasteiger partial charge in [0.15, 0.2) is 0 Å². The van der Waals surface area contributed by atoms with E-state index < -0.39 is 17.6 Å². The number of halogens is 5. The topological polar surface area (TPSA) is 20.3 Å². The molecule has 110 valence electrons. The molecule has 1 heterocycles. The van der Waals surface area contributed by atoms with E-state index >= 15 is 0 Å². The van der Waals surface area contributed by atoms with E-state index in [2.05, 4.69) is 0 Å². The second kappa shape index (κ2) is 5.60. The van der Waals surface area contributed by atoms with Crippen LogP contribution in [0.3, 0.4) is 0 Å². The summed E-state index contributed by atoms with van der Waals surface area (Å²) in [6, 6.07) is 2.21. The highest BCUT2D eigenvalue weighted by molar-refractivity contribution is 6.18. The van der Waals surface area contributed by atoms with Crippen molar-refractivity contribution in [3.63, 3.8) is 0 Å². The maximum atomic E-state index is 13.6. The van der Waals surface area contributed by atoms with Gasteiger partial charge in [-0.2, -0.15) is 13.2 Å². The van der Waals surface area contributed by atoms with Crippen molar-refractivity contribution in [3.05, 3.63) is 35.1 Å². The van der Waals surface area contributed by atoms with Crippen molar-refractivity contribution in [2.45, 2.75) is 19.1 Å². The van der Waals surface area contributed by atoms with Crippen molar-refractivity contribution < 1.29 is 22.4 Å². The molecule has 0 N–H and O–H groups in total. The van der Waals surface area contributed by atoms with Crippen LogP contribution in [0.15, 0.2) is 18.2 Å². The molecule has 0 aliphatic carbocycles. The van der Waals surface area contributed by atoms with Crippen LogP contribution in [0.25, 0.3) is 0 Å². The van der Waals surface area contributed by atoms with Gasteiger partial charge in [-0.1, -0.05) is 0 Å². The van der Waals surface area contributed by atoms with Crippen LogP contribution in [-0.4, -0.2) is 23.2 Å². The van der Waals surface area contributed by atoms with Crippen LogP contribution in [0.4, 0.5) is 17.6 Å². The van der Waals surface area contributed by atoms with Crippen LogP contribution in [0.1, 0.15) is 17.5 Å². The Morgan fingerprint density at radius 3 is 2.60 bits per heavy atom. The lowest BCUT2D eigenvalue weighted by Crippen LogP contribution is -2.25. The van der Waals surface area contributed by atoms with E-state index in [4.69, 9.17) is 11.6 Å². The van der Waals surface area contributed by atoms with Crippen molar-refractivity contribution in [2.24, 2.45) is 5.92 Å². The molecule has 1 unspecified atom stereocenters. The first-order chi connectivity index (χ1) is 9.31. The quantitative estimate of drug-likeness (QED) is 0.619. The summed E-state index contributed by atoms with van der Waals surface area (Å²) in [7, 11) is 0. The Morgan fingerprint density at radius 1 is 1.35 bits per heavy atom. The van der Waals surface area contributed by atoms with Gasteiger partial charge in [0, 0.05) is 31.0 Å². The van der Waals surface area contributed by atoms with Gasteiger partial charge in [0.05, 0.1) is 5.56 Å². The predicted molar refractivity (Wildman–Crippen MR) is 65.6 cm³/mol. The third-order valence-electron chi connectivity index (χ3n) is 3.25. The molecular weight excluding hydrogens is 298 g/mol. The van der Waals surface area contributed by atoms with E-state index in [0.717, 1.165) is 12.1 Å². The Morgan fingerprint density at radius 2 is 2.05 bits per heavy atom. The largest absolute Gasteiger partial charge is 0.416 e. The van der Waals surface area contributed by atoms with Gasteiger partial charge in [0.25, 0.3) is 0 Å². The summed E-state index contributed by atoms with van der Waals surface area (Å²) >= 11 is 5.66. The summed E-state index contributed by atoms with van der Waals surface area (Å²) in [5.41, 5.74) is -1.06. The first-order valence-electron chi connectivity index (χ1n) is 6.00. The Bertz CT molecular complexity index is 518. The third-order valence-corrected chi connectivity index (χ3v) is 3.68. The minimum Gasteiger partial charge on any atom is -0.338 e. The second-order valence-electron chi connectivity index (χ2n) is 4.80. The molecule has 1 aromatic carbocycles. The average molecular weight is 310 g/mol. The maximum Gasteiger partial charge on any atom is 0.416 e. The molecule has 1 amide bonds. The molecule has 0 radical (unpaired) electrons. The van der Waals surface area contributed by atoms with E-state index in [0.29, 0.717) is 18.5 Å². The van der Waals surface area contributed by atoms with Crippen molar-refractivity contribution in [1.29, 1.82) is 0 Å². The molecule has 1 saturated heterocycles. The van der Waals surface area contributed by atoms with Crippen LogP contribution in [0, 0.1) is 11.7 Å². The molecule has 0 saturated carbocycles. The fourth-order valence-electron chi connectivity index (χ4n) is 2.19. The molecule has 1 atom stereocenters. The van der Waals surface area contributed by atoms with Gasteiger partial charge in [0.1, 0.15) is 5.82 Å². The average Bonchev–Trinajstić information content (AvgIpc) is 2.71. The normalized spacial score (nSPS) is 19.8. The van der Waals surface area contributed by atoms with Crippen molar-refractivity contribution in [1.82, 2.24) is 4.90 Å². The molecule has 0 spiro atoms. The number of alkyl halides is 4. The lowest BCUT2D eigenvalue weighted by molar-refractivity contribution is -0.137. The van der Waals surface area contributed by atoms with Crippen LogP contribution >= 0.6 is 11.6 Å². The summed E-state index contributed by atoms with van der Waals surface area (Å²) < 4.78 is 51.3. The first-order valence-corrected chi connectivity index (χ1v) is 6.54. The number of amides is 1. The molecule has 0 aromatic heterocycles. The number of carbonyl (C=O) groups is 1. The van der Waals surface area contributed by atoms with E-state index in [9.17, 15) is 22.4 Å². The number of hydrogen-bond donors (Lipinski definition) is 0. The van der Waals surface area contributed by atoms with Crippen LogP contribution < -0.4 is 0 Å². The molecule has 2 nitrogen and oxygen atoms in total. The Kier molecular flexibility index (Phi) is 4.22. The van der Waals surface area contributed by atoms with Crippen LogP contribution in [-0.2, 0) is 17.5 Å². The standard InChI is InChI=1S/C13H12ClF4NO/c14-5-8-3-12(20)19(6-8)7-9-4-10(13(16,17)18)1-2-11(9)15/h1-2,4,8H,3,5-7H2. The zero-order chi connectivity index (χ0) is 14.9. The summed E-state index contributed by atoms with van der Waals surface area (Å²) in [4.78, 5) is 13.0. The monoisotopic (exact) mass is 309 g/mol. The van der Waals surface area contributed by atoms with Gasteiger partial charge in [-0.05, 0) is 24.1 Å². The predicted octanol–water partition coefficient (Wildman–Crippen LogP) is 3.43. The Labute approximate surface area is 118 Å². The minimum atomic E-state index is -4.53. The number of rotatable bonds is 3. The van der Waals surface area contributed by atoms with Gasteiger partial charge in [0.2, 0.25) is 5.91 Å². The number of carbonyl (C=O) groups excluding carboxylic acids is 1. The van der Waals surface area contributed by atoms with Gasteiger partial charge in [-0.25, -0.2) is 4.39 Å². The second-order valence-corrected chi connectivity index (χ2v) is 5.11. The number of hydrogen-bond acceptors (Lipinski definition) is 1. The number of benzene rings is 1. The van der Waals surface area contributed by atoms with Gasteiger partial charge in [-0.15, -0.1) is 11.6 Å². The zero-order valence-corrected chi connectivity index (χ0v) is 11.1. The highest BCUT2D eigenvalue weighted by Crippen LogP contribution is 2.31. The summed E-state index contributed by atoms with van der Waals surface area (Å²) in [5.74, 6) is -0.696. The Balaban J connectivity index is 2.19. The van der Waals surface area contributed by atoms with Gasteiger partial charge < -0.3 is 4.90 Å². The molecule has 1 aliphatic heterocycles. The molecule has 1 fully saturated rings. The molecule has 7 heteroatoms. The molecule has 20 heavy (non-hydrogen) atoms. The summed E-state index contributed by atoms with van der Waals surface area (Å²) in [6.45, 7) is 0.181. The minimum absolute atomic E-state index is 0.0296. The van der Waals surface area contributed by atoms with E-state index in [1.54, 1.807) is 0 Å². The molecule has 1 aliphatic rings. The lowest BCUT2D eigenvalue weighted by Gasteiger charge is -2.18. The summed E-state index contributed by atoms with van der Waals surface area (Å²) in [5, 5.41) is 0. The highest BCUT2D eigenvalue weighted by Gasteiger charge is 2.33. The highest BCUT2D eigenvalue weighted by atomic mass is 35.5. The zero-order valence-electron chi connectivity index (χ0n) is 10.4. The van der Waals surface area contributed by atoms with Crippen LogP contribution in [0.5, 0.6) is 0 Å². The number of likely N-dealkylation sites (tertiary alicyclic amines) is 1. The van der Waals surface area contributed by atoms with Crippen LogP contribution in [0.2, 0.25) is 0 Å². The van der Waals surface area contributed by atoms with Gasteiger partial charge >= 0.3 is 6.18 Å². The smallest absolute Gasteiger partial charge is 0.338 e. The summed E-state index contributed by atoms with van der Waals surface area (Å²) in [6.07, 6.45) is -4.28. The SMILES string of the molecule is O=C1CC(CCl)CN1Cc1cc(C(F)(F)F)ccc1F. The van der Waals surface area contributed by atoms with E-state index in [-0.39, 0.29) is 30.4 Å². The molecule has 1 aromatic rings. The third kappa shape index (κ3) is 3.23. The van der Waals surface area contributed by atoms with Gasteiger partial charge in [-0.3, -0.25) is 4.79 Å². The van der Waals surface area contributed by atoms with Crippen molar-refractivity contribution in [3.8, 4) is 0 Å². The maximum absolute atomic E-state index is 13.6. The first kappa shape index (κ1) is 15.1. The van der Waals surface area contributed by atoms with Crippen molar-refractivity contribution >= 4 is 17.5 Å². The van der Waals surface area contributed by atoms with E-state index in [1.807, 2.05) is 0 Å². The molecular formula is C13H12ClF4NO. The fourth-order valence-corrected chi connectivity index (χ4v) is 2.39. The lowest BCUT2D eigenvalue weighted by atomic mass is 10.1. The van der Waals surface area contributed by atoms with E-state index in [1.165, 1.54) is 4.90 Å². The number of nitrogens with zero attached hydrogens (tertiary/aromatic N) is 1. The fraction of sp³-hybridized carbons (Fsp3) is 0.462. The molecule has 0 bridgehead atoms.